The van der Waals surface area contributed by atoms with Crippen molar-refractivity contribution in [2.75, 3.05) is 13.2 Å². The number of benzene rings is 1. The number of hydrogen-bond acceptors (Lipinski definition) is 5. The summed E-state index contributed by atoms with van der Waals surface area (Å²) in [4.78, 5) is 19.0. The number of alkyl halides is 2. The molecule has 1 aliphatic heterocycles. The van der Waals surface area contributed by atoms with Gasteiger partial charge in [-0.1, -0.05) is 23.7 Å². The van der Waals surface area contributed by atoms with Gasteiger partial charge in [0.25, 0.3) is 12.4 Å². The highest BCUT2D eigenvalue weighted by molar-refractivity contribution is 6.30. The van der Waals surface area contributed by atoms with E-state index in [2.05, 4.69) is 15.1 Å². The summed E-state index contributed by atoms with van der Waals surface area (Å²) >= 11 is 5.99. The maximum atomic E-state index is 12.5. The first-order valence-corrected chi connectivity index (χ1v) is 9.22. The first-order chi connectivity index (χ1) is 13.5. The van der Waals surface area contributed by atoms with E-state index in [-0.39, 0.29) is 17.8 Å². The molecule has 0 aliphatic carbocycles. The van der Waals surface area contributed by atoms with E-state index in [1.807, 2.05) is 0 Å². The molecule has 1 unspecified atom stereocenters. The molecule has 0 bridgehead atoms. The lowest BCUT2D eigenvalue weighted by Crippen LogP contribution is -2.21. The predicted molar refractivity (Wildman–Crippen MR) is 98.1 cm³/mol. The van der Waals surface area contributed by atoms with Gasteiger partial charge >= 0.3 is 5.69 Å². The van der Waals surface area contributed by atoms with E-state index in [9.17, 15) is 13.6 Å². The van der Waals surface area contributed by atoms with Crippen LogP contribution in [0.25, 0.3) is 16.8 Å². The summed E-state index contributed by atoms with van der Waals surface area (Å²) in [6.07, 6.45) is -0.272. The lowest BCUT2D eigenvalue weighted by Gasteiger charge is -2.21. The number of aromatic nitrogens is 4. The summed E-state index contributed by atoms with van der Waals surface area (Å²) in [6.45, 7) is -0.271. The van der Waals surface area contributed by atoms with Crippen molar-refractivity contribution in [1.82, 2.24) is 19.6 Å². The fourth-order valence-corrected chi connectivity index (χ4v) is 3.35. The van der Waals surface area contributed by atoms with Gasteiger partial charge in [-0.15, -0.1) is 0 Å². The number of rotatable bonds is 5. The van der Waals surface area contributed by atoms with E-state index in [0.717, 1.165) is 29.3 Å². The lowest BCUT2D eigenvalue weighted by molar-refractivity contribution is 0.0125. The average molecular weight is 411 g/mol. The molecule has 1 atom stereocenters. The quantitative estimate of drug-likeness (QED) is 0.694. The molecule has 3 heterocycles. The van der Waals surface area contributed by atoms with Crippen LogP contribution in [0.15, 0.2) is 29.1 Å². The van der Waals surface area contributed by atoms with Crippen molar-refractivity contribution in [3.63, 3.8) is 0 Å². The number of nitrogens with zero attached hydrogens (tertiary/aromatic N) is 3. The summed E-state index contributed by atoms with van der Waals surface area (Å²) in [5.74, 6) is 0. The van der Waals surface area contributed by atoms with Crippen LogP contribution in [0.3, 0.4) is 0 Å². The van der Waals surface area contributed by atoms with Crippen molar-refractivity contribution in [3.8, 4) is 17.1 Å². The Morgan fingerprint density at radius 1 is 1.32 bits per heavy atom. The Morgan fingerprint density at radius 2 is 2.11 bits per heavy atom. The maximum Gasteiger partial charge on any atom is 0.352 e. The van der Waals surface area contributed by atoms with Gasteiger partial charge in [0.2, 0.25) is 0 Å². The van der Waals surface area contributed by atoms with Crippen LogP contribution in [0.1, 0.15) is 31.1 Å². The third kappa shape index (κ3) is 3.72. The maximum absolute atomic E-state index is 12.5. The van der Waals surface area contributed by atoms with Crippen molar-refractivity contribution in [1.29, 1.82) is 0 Å². The Morgan fingerprint density at radius 3 is 2.79 bits per heavy atom. The summed E-state index contributed by atoms with van der Waals surface area (Å²) in [6, 6.07) is 6.72. The van der Waals surface area contributed by atoms with E-state index < -0.39 is 18.7 Å². The molecule has 0 radical (unpaired) electrons. The molecule has 1 saturated heterocycles. The zero-order chi connectivity index (χ0) is 19.7. The molecule has 4 rings (SSSR count). The van der Waals surface area contributed by atoms with Crippen molar-refractivity contribution < 1.29 is 18.3 Å². The van der Waals surface area contributed by atoms with E-state index >= 15 is 0 Å². The van der Waals surface area contributed by atoms with E-state index in [1.165, 1.54) is 0 Å². The van der Waals surface area contributed by atoms with Crippen LogP contribution in [0.5, 0.6) is 6.01 Å². The standard InChI is InChI=1S/C18H17ClF2N4O3/c19-11-6-4-10(5-7-11)14-15(12-3-1-2-8-27-12)24-25-16(14)22-17(23-18(25)26)28-9-13(20)21/h4-7,12-13H,1-3,8-9H2,(H,22,23,26). The summed E-state index contributed by atoms with van der Waals surface area (Å²) in [5, 5.41) is 4.98. The van der Waals surface area contributed by atoms with Crippen LogP contribution in [-0.4, -0.2) is 39.2 Å². The second kappa shape index (κ2) is 7.84. The Bertz CT molecular complexity index is 1030. The van der Waals surface area contributed by atoms with Crippen LogP contribution >= 0.6 is 11.6 Å². The Balaban J connectivity index is 1.89. The molecule has 2 aromatic heterocycles. The van der Waals surface area contributed by atoms with Gasteiger partial charge in [0.15, 0.2) is 12.3 Å². The highest BCUT2D eigenvalue weighted by Crippen LogP contribution is 2.36. The molecule has 0 saturated carbocycles. The molecule has 10 heteroatoms. The van der Waals surface area contributed by atoms with Crippen LogP contribution in [0, 0.1) is 0 Å². The highest BCUT2D eigenvalue weighted by Gasteiger charge is 2.27. The number of halogens is 3. The smallest absolute Gasteiger partial charge is 0.352 e. The van der Waals surface area contributed by atoms with Crippen LogP contribution in [0.4, 0.5) is 8.78 Å². The minimum Gasteiger partial charge on any atom is -0.459 e. The first-order valence-electron chi connectivity index (χ1n) is 8.84. The van der Waals surface area contributed by atoms with Crippen LogP contribution in [-0.2, 0) is 4.74 Å². The van der Waals surface area contributed by atoms with Crippen molar-refractivity contribution in [2.45, 2.75) is 31.8 Å². The van der Waals surface area contributed by atoms with Crippen LogP contribution < -0.4 is 10.4 Å². The number of hydrogen-bond donors (Lipinski definition) is 1. The number of nitrogens with one attached hydrogen (secondary N) is 1. The van der Waals surface area contributed by atoms with E-state index in [1.54, 1.807) is 24.3 Å². The molecule has 1 N–H and O–H groups in total. The Hall–Kier alpha value is -2.52. The monoisotopic (exact) mass is 410 g/mol. The van der Waals surface area contributed by atoms with Gasteiger partial charge < -0.3 is 9.47 Å². The van der Waals surface area contributed by atoms with Crippen molar-refractivity contribution >= 4 is 17.2 Å². The minimum atomic E-state index is -2.69. The van der Waals surface area contributed by atoms with Crippen LogP contribution in [0.2, 0.25) is 5.02 Å². The molecule has 3 aromatic rings. The van der Waals surface area contributed by atoms with Crippen molar-refractivity contribution in [3.05, 3.63) is 45.5 Å². The third-order valence-electron chi connectivity index (χ3n) is 4.47. The topological polar surface area (TPSA) is 81.5 Å². The lowest BCUT2D eigenvalue weighted by atomic mass is 9.99. The SMILES string of the molecule is O=c1[nH]c(OCC(F)F)nc2c(-c3ccc(Cl)cc3)c(C3CCCCO3)nn12. The molecule has 0 spiro atoms. The number of fused-ring (bicyclic) bond motifs is 1. The Kier molecular flexibility index (Phi) is 5.27. The van der Waals surface area contributed by atoms with E-state index in [0.29, 0.717) is 22.9 Å². The summed E-state index contributed by atoms with van der Waals surface area (Å²) < 4.78 is 36.8. The second-order valence-electron chi connectivity index (χ2n) is 6.41. The Labute approximate surface area is 163 Å². The zero-order valence-electron chi connectivity index (χ0n) is 14.7. The summed E-state index contributed by atoms with van der Waals surface area (Å²) in [7, 11) is 0. The normalized spacial score (nSPS) is 17.4. The summed E-state index contributed by atoms with van der Waals surface area (Å²) in [5.41, 5.74) is 1.48. The first kappa shape index (κ1) is 18.8. The fraction of sp³-hybridized carbons (Fsp3) is 0.389. The average Bonchev–Trinajstić information content (AvgIpc) is 3.08. The van der Waals surface area contributed by atoms with Crippen molar-refractivity contribution in [2.24, 2.45) is 0 Å². The van der Waals surface area contributed by atoms with Gasteiger partial charge in [-0.05, 0) is 37.0 Å². The zero-order valence-corrected chi connectivity index (χ0v) is 15.5. The number of H-pyrrole nitrogens is 1. The van der Waals surface area contributed by atoms with Gasteiger partial charge in [0.1, 0.15) is 11.8 Å². The molecular formula is C18H17ClF2N4O3. The fourth-order valence-electron chi connectivity index (χ4n) is 3.22. The third-order valence-corrected chi connectivity index (χ3v) is 4.72. The number of ether oxygens (including phenoxy) is 2. The van der Waals surface area contributed by atoms with Gasteiger partial charge in [-0.3, -0.25) is 4.98 Å². The highest BCUT2D eigenvalue weighted by atomic mass is 35.5. The molecule has 7 nitrogen and oxygen atoms in total. The van der Waals surface area contributed by atoms with Gasteiger partial charge in [0, 0.05) is 11.6 Å². The molecule has 1 aromatic carbocycles. The number of aromatic amines is 1. The molecule has 1 aliphatic rings. The molecule has 148 valence electrons. The minimum absolute atomic E-state index is 0.208. The van der Waals surface area contributed by atoms with Gasteiger partial charge in [-0.2, -0.15) is 14.6 Å². The second-order valence-corrected chi connectivity index (χ2v) is 6.84. The predicted octanol–water partition coefficient (Wildman–Crippen LogP) is 3.62. The largest absolute Gasteiger partial charge is 0.459 e. The van der Waals surface area contributed by atoms with E-state index in [4.69, 9.17) is 21.1 Å². The molecule has 0 amide bonds. The molecular weight excluding hydrogens is 394 g/mol. The molecule has 28 heavy (non-hydrogen) atoms. The van der Waals surface area contributed by atoms with Gasteiger partial charge in [0.05, 0.1) is 5.56 Å². The van der Waals surface area contributed by atoms with Gasteiger partial charge in [-0.25, -0.2) is 13.6 Å². The molecule has 1 fully saturated rings.